The molecule has 204 valence electrons. The Morgan fingerprint density at radius 2 is 1.74 bits per heavy atom. The third kappa shape index (κ3) is 7.89. The van der Waals surface area contributed by atoms with Crippen molar-refractivity contribution in [2.24, 2.45) is 0 Å². The van der Waals surface area contributed by atoms with Crippen molar-refractivity contribution < 1.29 is 19.5 Å². The molecule has 1 fully saturated rings. The Labute approximate surface area is 229 Å². The number of carbonyl (C=O) groups is 3. The Kier molecular flexibility index (Phi) is 9.67. The van der Waals surface area contributed by atoms with E-state index < -0.39 is 6.04 Å². The van der Waals surface area contributed by atoms with Crippen LogP contribution in [0.3, 0.4) is 0 Å². The molecule has 3 amide bonds. The summed E-state index contributed by atoms with van der Waals surface area (Å²) in [6.45, 7) is 1.94. The molecule has 3 N–H and O–H groups in total. The van der Waals surface area contributed by atoms with Crippen LogP contribution in [0.5, 0.6) is 5.75 Å². The lowest BCUT2D eigenvalue weighted by molar-refractivity contribution is -0.127. The fraction of sp³-hybridized carbons (Fsp3) is 0.355. The third-order valence-corrected chi connectivity index (χ3v) is 6.94. The predicted molar refractivity (Wildman–Crippen MR) is 151 cm³/mol. The molecule has 39 heavy (non-hydrogen) atoms. The van der Waals surface area contributed by atoms with Gasteiger partial charge in [0, 0.05) is 30.8 Å². The van der Waals surface area contributed by atoms with E-state index in [1.165, 1.54) is 17.0 Å². The van der Waals surface area contributed by atoms with Crippen molar-refractivity contribution in [3.8, 4) is 5.75 Å². The molecule has 3 aromatic rings. The molecule has 4 rings (SSSR count). The number of carbonyl (C=O) groups excluding carboxylic acids is 3. The lowest BCUT2D eigenvalue weighted by Gasteiger charge is -2.33. The van der Waals surface area contributed by atoms with Gasteiger partial charge in [-0.05, 0) is 73.7 Å². The summed E-state index contributed by atoms with van der Waals surface area (Å²) >= 11 is 0. The van der Waals surface area contributed by atoms with Crippen molar-refractivity contribution in [3.63, 3.8) is 0 Å². The van der Waals surface area contributed by atoms with Crippen LogP contribution in [-0.4, -0.2) is 33.9 Å². The zero-order valence-corrected chi connectivity index (χ0v) is 22.3. The number of phenolic OH excluding ortho intramolecular Hbond substituents is 1. The Morgan fingerprint density at radius 3 is 2.44 bits per heavy atom. The highest BCUT2D eigenvalue weighted by molar-refractivity contribution is 6.01. The maximum absolute atomic E-state index is 13.8. The van der Waals surface area contributed by atoms with E-state index in [0.717, 1.165) is 37.7 Å². The first-order chi connectivity index (χ1) is 18.9. The first-order valence-corrected chi connectivity index (χ1v) is 13.6. The molecular formula is C31H36N4O4. The number of aromatic nitrogens is 1. The molecule has 0 saturated heterocycles. The fourth-order valence-electron chi connectivity index (χ4n) is 4.98. The van der Waals surface area contributed by atoms with Crippen molar-refractivity contribution in [2.45, 2.75) is 70.4 Å². The summed E-state index contributed by atoms with van der Waals surface area (Å²) in [5, 5.41) is 15.8. The molecule has 1 aromatic heterocycles. The quantitative estimate of drug-likeness (QED) is 0.325. The van der Waals surface area contributed by atoms with Gasteiger partial charge in [-0.25, -0.2) is 4.98 Å². The molecule has 1 aliphatic rings. The zero-order chi connectivity index (χ0) is 27.6. The van der Waals surface area contributed by atoms with E-state index in [1.807, 2.05) is 31.2 Å². The average Bonchev–Trinajstić information content (AvgIpc) is 2.93. The number of benzene rings is 2. The van der Waals surface area contributed by atoms with Crippen LogP contribution in [0.1, 0.15) is 68.5 Å². The number of aromatic hydroxyl groups is 1. The maximum atomic E-state index is 13.8. The number of nitrogens with one attached hydrogen (secondary N) is 2. The van der Waals surface area contributed by atoms with E-state index in [0.29, 0.717) is 23.5 Å². The molecular weight excluding hydrogens is 492 g/mol. The molecule has 2 aromatic carbocycles. The number of phenols is 1. The summed E-state index contributed by atoms with van der Waals surface area (Å²) in [5.74, 6) is -0.202. The molecule has 0 aliphatic heterocycles. The maximum Gasteiger partial charge on any atom is 0.248 e. The van der Waals surface area contributed by atoms with Crippen LogP contribution in [0.4, 0.5) is 11.5 Å². The molecule has 1 unspecified atom stereocenters. The fourth-order valence-corrected chi connectivity index (χ4v) is 4.98. The van der Waals surface area contributed by atoms with Crippen LogP contribution >= 0.6 is 0 Å². The minimum Gasteiger partial charge on any atom is -0.508 e. The molecule has 0 radical (unpaired) electrons. The van der Waals surface area contributed by atoms with Crippen molar-refractivity contribution >= 4 is 29.2 Å². The van der Waals surface area contributed by atoms with Crippen LogP contribution in [-0.2, 0) is 14.4 Å². The minimum absolute atomic E-state index is 0.0654. The van der Waals surface area contributed by atoms with E-state index >= 15 is 0 Å². The van der Waals surface area contributed by atoms with Crippen LogP contribution < -0.4 is 15.5 Å². The number of anilines is 2. The summed E-state index contributed by atoms with van der Waals surface area (Å²) in [6.07, 6.45) is 7.25. The van der Waals surface area contributed by atoms with Crippen LogP contribution in [0.2, 0.25) is 0 Å². The lowest BCUT2D eigenvalue weighted by Crippen LogP contribution is -2.47. The van der Waals surface area contributed by atoms with E-state index in [4.69, 9.17) is 0 Å². The SMILES string of the molecule is Cc1cccc(N(C(=O)CCCC(=O)Nc2ccccn2)C(C(=O)NC2CCCCC2)c2ccc(O)cc2)c1. The number of aryl methyl sites for hydroxylation is 1. The van der Waals surface area contributed by atoms with Crippen LogP contribution in [0.25, 0.3) is 0 Å². The molecule has 1 heterocycles. The number of amides is 3. The smallest absolute Gasteiger partial charge is 0.248 e. The molecule has 1 aliphatic carbocycles. The Balaban J connectivity index is 1.57. The molecule has 8 heteroatoms. The van der Waals surface area contributed by atoms with Gasteiger partial charge in [0.1, 0.15) is 17.6 Å². The van der Waals surface area contributed by atoms with E-state index in [2.05, 4.69) is 15.6 Å². The van der Waals surface area contributed by atoms with Crippen molar-refractivity contribution in [1.29, 1.82) is 0 Å². The molecule has 8 nitrogen and oxygen atoms in total. The average molecular weight is 529 g/mol. The van der Waals surface area contributed by atoms with Crippen LogP contribution in [0.15, 0.2) is 72.9 Å². The van der Waals surface area contributed by atoms with Gasteiger partial charge in [-0.1, -0.05) is 49.6 Å². The van der Waals surface area contributed by atoms with Crippen LogP contribution in [0, 0.1) is 6.92 Å². The summed E-state index contributed by atoms with van der Waals surface area (Å²) in [5.41, 5.74) is 2.16. The second-order valence-corrected chi connectivity index (χ2v) is 10.1. The Hall–Kier alpha value is -4.20. The minimum atomic E-state index is -0.927. The zero-order valence-electron chi connectivity index (χ0n) is 22.3. The number of nitrogens with zero attached hydrogens (tertiary/aromatic N) is 2. The first-order valence-electron chi connectivity index (χ1n) is 13.6. The number of hydrogen-bond acceptors (Lipinski definition) is 5. The summed E-state index contributed by atoms with van der Waals surface area (Å²) in [4.78, 5) is 45.7. The monoisotopic (exact) mass is 528 g/mol. The molecule has 0 bridgehead atoms. The highest BCUT2D eigenvalue weighted by Gasteiger charge is 2.34. The van der Waals surface area contributed by atoms with Gasteiger partial charge in [-0.3, -0.25) is 19.3 Å². The highest BCUT2D eigenvalue weighted by Crippen LogP contribution is 2.31. The molecule has 0 spiro atoms. The van der Waals surface area contributed by atoms with Crippen molar-refractivity contribution in [3.05, 3.63) is 84.1 Å². The standard InChI is InChI=1S/C31H36N4O4/c1-22-9-7-12-25(21-22)35(29(38)15-8-14-28(37)34-27-13-5-6-20-32-27)30(23-16-18-26(36)19-17-23)31(39)33-24-10-3-2-4-11-24/h5-7,9,12-13,16-21,24,30,36H,2-4,8,10-11,14-15H2,1H3,(H,33,39)(H,32,34,37). The van der Waals surface area contributed by atoms with E-state index in [9.17, 15) is 19.5 Å². The van der Waals surface area contributed by atoms with Crippen molar-refractivity contribution in [1.82, 2.24) is 10.3 Å². The van der Waals surface area contributed by atoms with Gasteiger partial charge in [0.2, 0.25) is 17.7 Å². The van der Waals surface area contributed by atoms with Crippen molar-refractivity contribution in [2.75, 3.05) is 10.2 Å². The Bertz CT molecular complexity index is 1260. The highest BCUT2D eigenvalue weighted by atomic mass is 16.3. The summed E-state index contributed by atoms with van der Waals surface area (Å²) in [6, 6.07) is 18.3. The normalized spacial score (nSPS) is 14.3. The Morgan fingerprint density at radius 1 is 0.974 bits per heavy atom. The van der Waals surface area contributed by atoms with Gasteiger partial charge in [-0.2, -0.15) is 0 Å². The topological polar surface area (TPSA) is 112 Å². The second-order valence-electron chi connectivity index (χ2n) is 10.1. The van der Waals surface area contributed by atoms with E-state index in [-0.39, 0.29) is 42.4 Å². The second kappa shape index (κ2) is 13.6. The number of hydrogen-bond donors (Lipinski definition) is 3. The van der Waals surface area contributed by atoms with Gasteiger partial charge < -0.3 is 15.7 Å². The number of pyridine rings is 1. The first kappa shape index (κ1) is 27.8. The molecule has 1 saturated carbocycles. The lowest BCUT2D eigenvalue weighted by atomic mass is 9.94. The van der Waals surface area contributed by atoms with Gasteiger partial charge in [0.15, 0.2) is 0 Å². The van der Waals surface area contributed by atoms with Gasteiger partial charge in [0.05, 0.1) is 0 Å². The van der Waals surface area contributed by atoms with Gasteiger partial charge in [-0.15, -0.1) is 0 Å². The summed E-state index contributed by atoms with van der Waals surface area (Å²) < 4.78 is 0. The third-order valence-electron chi connectivity index (χ3n) is 6.94. The van der Waals surface area contributed by atoms with E-state index in [1.54, 1.807) is 36.5 Å². The molecule has 1 atom stereocenters. The summed E-state index contributed by atoms with van der Waals surface area (Å²) in [7, 11) is 0. The largest absolute Gasteiger partial charge is 0.508 e. The van der Waals surface area contributed by atoms with Gasteiger partial charge in [0.25, 0.3) is 0 Å². The van der Waals surface area contributed by atoms with Gasteiger partial charge >= 0.3 is 0 Å². The predicted octanol–water partition coefficient (Wildman–Crippen LogP) is 5.43. The number of rotatable bonds is 10.